The lowest BCUT2D eigenvalue weighted by atomic mass is 10.0. The number of benzene rings is 2. The second-order valence-electron chi connectivity index (χ2n) is 7.51. The van der Waals surface area contributed by atoms with Gasteiger partial charge in [-0.3, -0.25) is 14.5 Å². The van der Waals surface area contributed by atoms with E-state index in [4.69, 9.17) is 0 Å². The maximum absolute atomic E-state index is 13.5. The number of amides is 2. The number of aromatic nitrogens is 1. The predicted molar refractivity (Wildman–Crippen MR) is 113 cm³/mol. The minimum atomic E-state index is -0.751. The molecule has 29 heavy (non-hydrogen) atoms. The minimum absolute atomic E-state index is 0.112. The molecule has 0 saturated carbocycles. The molecule has 0 radical (unpaired) electrons. The summed E-state index contributed by atoms with van der Waals surface area (Å²) in [5.41, 5.74) is 5.38. The Labute approximate surface area is 170 Å². The van der Waals surface area contributed by atoms with Gasteiger partial charge in [0, 0.05) is 23.5 Å². The van der Waals surface area contributed by atoms with E-state index in [0.29, 0.717) is 0 Å². The molecule has 5 heteroatoms. The molecule has 3 aromatic rings. The maximum Gasteiger partial charge on any atom is 0.294 e. The van der Waals surface area contributed by atoms with E-state index in [9.17, 15) is 9.59 Å². The smallest absolute Gasteiger partial charge is 0.294 e. The Morgan fingerprint density at radius 3 is 2.34 bits per heavy atom. The molecule has 4 rings (SSSR count). The van der Waals surface area contributed by atoms with Crippen LogP contribution in [0.15, 0.2) is 66.9 Å². The van der Waals surface area contributed by atoms with Crippen molar-refractivity contribution in [2.45, 2.75) is 33.4 Å². The van der Waals surface area contributed by atoms with Crippen molar-refractivity contribution in [3.8, 4) is 0 Å². The zero-order valence-electron chi connectivity index (χ0n) is 16.8. The third-order valence-corrected chi connectivity index (χ3v) is 5.38. The number of nitrogens with one attached hydrogen (secondary N) is 1. The molecule has 1 atom stereocenters. The van der Waals surface area contributed by atoms with Crippen molar-refractivity contribution >= 4 is 23.2 Å². The monoisotopic (exact) mass is 386 g/mol. The highest BCUT2D eigenvalue weighted by Gasteiger charge is 2.43. The zero-order valence-corrected chi connectivity index (χ0v) is 16.8. The van der Waals surface area contributed by atoms with Gasteiger partial charge in [0.15, 0.2) is 6.20 Å². The van der Waals surface area contributed by atoms with Gasteiger partial charge in [-0.05, 0) is 44.0 Å². The van der Waals surface area contributed by atoms with Crippen molar-refractivity contribution in [2.24, 2.45) is 0 Å². The lowest BCUT2D eigenvalue weighted by molar-refractivity contribution is -0.695. The highest BCUT2D eigenvalue weighted by molar-refractivity contribution is 6.05. The standard InChI is InChI=1S/C24H23N3O2/c1-16-10-12-19(13-11-16)27-21(28)15-26-14-5-4-9-20(26)23(27)24(29)25-22-17(2)7-6-8-18(22)3/h4-14,23H,15H2,1-3H3/p+1. The van der Waals surface area contributed by atoms with Crippen molar-refractivity contribution < 1.29 is 14.2 Å². The fourth-order valence-electron chi connectivity index (χ4n) is 3.83. The molecule has 2 aromatic carbocycles. The lowest BCUT2D eigenvalue weighted by Gasteiger charge is -2.32. The number of rotatable bonds is 3. The number of hydrogen-bond acceptors (Lipinski definition) is 2. The number of aryl methyl sites for hydroxylation is 3. The van der Waals surface area contributed by atoms with Crippen molar-refractivity contribution in [3.63, 3.8) is 0 Å². The Morgan fingerprint density at radius 1 is 0.966 bits per heavy atom. The van der Waals surface area contributed by atoms with Crippen LogP contribution in [0.4, 0.5) is 11.4 Å². The third-order valence-electron chi connectivity index (χ3n) is 5.38. The number of pyridine rings is 1. The summed E-state index contributed by atoms with van der Waals surface area (Å²) in [4.78, 5) is 28.2. The Bertz CT molecular complexity index is 1070. The summed E-state index contributed by atoms with van der Waals surface area (Å²) in [5, 5.41) is 3.07. The summed E-state index contributed by atoms with van der Waals surface area (Å²) in [6.07, 6.45) is 1.85. The van der Waals surface area contributed by atoms with Gasteiger partial charge in [0.2, 0.25) is 18.3 Å². The molecule has 0 aliphatic carbocycles. The molecule has 0 fully saturated rings. The lowest BCUT2D eigenvalue weighted by Crippen LogP contribution is -2.58. The fourth-order valence-corrected chi connectivity index (χ4v) is 3.83. The number of anilines is 2. The van der Waals surface area contributed by atoms with Crippen molar-refractivity contribution in [1.82, 2.24) is 0 Å². The molecule has 2 heterocycles. The SMILES string of the molecule is Cc1ccc(N2C(=O)C[n+]3ccccc3C2C(=O)Nc2c(C)cccc2C)cc1. The molecule has 146 valence electrons. The van der Waals surface area contributed by atoms with Crippen LogP contribution in [-0.2, 0) is 16.1 Å². The van der Waals surface area contributed by atoms with E-state index in [1.807, 2.05) is 92.2 Å². The maximum atomic E-state index is 13.5. The first-order chi connectivity index (χ1) is 14.0. The van der Waals surface area contributed by atoms with E-state index in [1.165, 1.54) is 0 Å². The summed E-state index contributed by atoms with van der Waals surface area (Å²) in [6, 6.07) is 18.5. The van der Waals surface area contributed by atoms with Gasteiger partial charge in [-0.2, -0.15) is 4.57 Å². The molecule has 2 amide bonds. The molecule has 1 aliphatic rings. The summed E-state index contributed by atoms with van der Waals surface area (Å²) < 4.78 is 1.85. The number of hydrogen-bond donors (Lipinski definition) is 1. The van der Waals surface area contributed by atoms with Crippen molar-refractivity contribution in [3.05, 3.63) is 89.2 Å². The summed E-state index contributed by atoms with van der Waals surface area (Å²) in [7, 11) is 0. The predicted octanol–water partition coefficient (Wildman–Crippen LogP) is 3.63. The normalized spacial score (nSPS) is 15.8. The Hall–Kier alpha value is -3.47. The molecular formula is C24H24N3O2+. The van der Waals surface area contributed by atoms with Gasteiger partial charge in [0.1, 0.15) is 0 Å². The van der Waals surface area contributed by atoms with Gasteiger partial charge in [0.05, 0.1) is 0 Å². The van der Waals surface area contributed by atoms with E-state index in [1.54, 1.807) is 4.90 Å². The number of carbonyl (C=O) groups is 2. The second-order valence-corrected chi connectivity index (χ2v) is 7.51. The Balaban J connectivity index is 1.80. The molecule has 1 aromatic heterocycles. The largest absolute Gasteiger partial charge is 0.323 e. The fraction of sp³-hybridized carbons (Fsp3) is 0.208. The van der Waals surface area contributed by atoms with Gasteiger partial charge >= 0.3 is 0 Å². The quantitative estimate of drug-likeness (QED) is 0.699. The topological polar surface area (TPSA) is 53.3 Å². The van der Waals surface area contributed by atoms with Gasteiger partial charge in [-0.25, -0.2) is 0 Å². The van der Waals surface area contributed by atoms with E-state index in [0.717, 1.165) is 33.8 Å². The van der Waals surface area contributed by atoms with Crippen LogP contribution in [0, 0.1) is 20.8 Å². The first kappa shape index (κ1) is 18.9. The van der Waals surface area contributed by atoms with Crippen LogP contribution >= 0.6 is 0 Å². The molecule has 0 spiro atoms. The average Bonchev–Trinajstić information content (AvgIpc) is 2.70. The molecular weight excluding hydrogens is 362 g/mol. The molecule has 1 unspecified atom stereocenters. The number of fused-ring (bicyclic) bond motifs is 1. The number of carbonyl (C=O) groups excluding carboxylic acids is 2. The van der Waals surface area contributed by atoms with Gasteiger partial charge < -0.3 is 5.32 Å². The van der Waals surface area contributed by atoms with E-state index in [-0.39, 0.29) is 18.4 Å². The van der Waals surface area contributed by atoms with Crippen LogP contribution in [0.25, 0.3) is 0 Å². The Morgan fingerprint density at radius 2 is 1.66 bits per heavy atom. The van der Waals surface area contributed by atoms with E-state index >= 15 is 0 Å². The first-order valence-electron chi connectivity index (χ1n) is 9.70. The molecule has 0 saturated heterocycles. The highest BCUT2D eigenvalue weighted by atomic mass is 16.2. The van der Waals surface area contributed by atoms with Crippen molar-refractivity contribution in [2.75, 3.05) is 10.2 Å². The van der Waals surface area contributed by atoms with Gasteiger partial charge in [-0.15, -0.1) is 0 Å². The van der Waals surface area contributed by atoms with Gasteiger partial charge in [-0.1, -0.05) is 42.0 Å². The van der Waals surface area contributed by atoms with Crippen LogP contribution in [0.3, 0.4) is 0 Å². The molecule has 5 nitrogen and oxygen atoms in total. The molecule has 1 aliphatic heterocycles. The Kier molecular flexibility index (Phi) is 4.89. The van der Waals surface area contributed by atoms with Crippen LogP contribution in [0.1, 0.15) is 28.4 Å². The first-order valence-corrected chi connectivity index (χ1v) is 9.70. The molecule has 1 N–H and O–H groups in total. The van der Waals surface area contributed by atoms with Crippen LogP contribution in [0.5, 0.6) is 0 Å². The summed E-state index contributed by atoms with van der Waals surface area (Å²) >= 11 is 0. The van der Waals surface area contributed by atoms with Crippen LogP contribution in [-0.4, -0.2) is 11.8 Å². The van der Waals surface area contributed by atoms with Gasteiger partial charge in [0.25, 0.3) is 11.8 Å². The zero-order chi connectivity index (χ0) is 20.5. The summed E-state index contributed by atoms with van der Waals surface area (Å²) in [5.74, 6) is -0.338. The van der Waals surface area contributed by atoms with Crippen LogP contribution in [0.2, 0.25) is 0 Å². The highest BCUT2D eigenvalue weighted by Crippen LogP contribution is 2.31. The minimum Gasteiger partial charge on any atom is -0.323 e. The third kappa shape index (κ3) is 3.51. The van der Waals surface area contributed by atoms with Crippen molar-refractivity contribution in [1.29, 1.82) is 0 Å². The summed E-state index contributed by atoms with van der Waals surface area (Å²) in [6.45, 7) is 6.14. The second kappa shape index (κ2) is 7.51. The molecule has 0 bridgehead atoms. The van der Waals surface area contributed by atoms with E-state index < -0.39 is 6.04 Å². The number of para-hydroxylation sites is 1. The van der Waals surface area contributed by atoms with E-state index in [2.05, 4.69) is 5.32 Å². The number of nitrogens with zero attached hydrogens (tertiary/aromatic N) is 2. The average molecular weight is 386 g/mol. The van der Waals surface area contributed by atoms with Crippen LogP contribution < -0.4 is 14.8 Å².